The molecule has 14 heteroatoms. The van der Waals surface area contributed by atoms with Gasteiger partial charge in [0.1, 0.15) is 23.7 Å². The first kappa shape index (κ1) is 35.7. The zero-order valence-corrected chi connectivity index (χ0v) is 25.7. The van der Waals surface area contributed by atoms with Crippen molar-refractivity contribution in [2.45, 2.75) is 38.4 Å². The number of alkyl halides is 6. The number of nitriles is 2. The van der Waals surface area contributed by atoms with Crippen LogP contribution in [0, 0.1) is 22.7 Å². The van der Waals surface area contributed by atoms with E-state index in [4.69, 9.17) is 29.0 Å². The highest BCUT2D eigenvalue weighted by molar-refractivity contribution is 5.94. The second-order valence-electron chi connectivity index (χ2n) is 10.1. The van der Waals surface area contributed by atoms with Crippen LogP contribution in [0.4, 0.5) is 26.3 Å². The van der Waals surface area contributed by atoms with Crippen LogP contribution in [0.15, 0.2) is 72.8 Å². The summed E-state index contributed by atoms with van der Waals surface area (Å²) < 4.78 is 93.7. The van der Waals surface area contributed by atoms with Crippen molar-refractivity contribution in [2.75, 3.05) is 14.2 Å². The Kier molecular flexibility index (Phi) is 11.0. The van der Waals surface area contributed by atoms with E-state index in [-0.39, 0.29) is 55.4 Å². The van der Waals surface area contributed by atoms with Gasteiger partial charge in [0, 0.05) is 10.4 Å². The molecule has 0 amide bonds. The monoisotopic (exact) mass is 672 g/mol. The van der Waals surface area contributed by atoms with Crippen LogP contribution in [0.1, 0.15) is 25.0 Å². The van der Waals surface area contributed by atoms with Crippen molar-refractivity contribution < 1.29 is 55.4 Å². The standard InChI is InChI=1S/C34H26F6N2O6/c1-19(47-43-3)27(17-41)29-25-10-5-6-11-26(25)30(28(18-42)20(2)48-44-4)32(46-24-9-7-8-22(16-24)34(38,39)40)31(29)45-23-14-12-21(13-15-23)33(35,36)37/h5-16,19-20H,1-4H3/b29-27+,30-28+. The zero-order chi connectivity index (χ0) is 35.2. The lowest BCUT2D eigenvalue weighted by Gasteiger charge is -2.21. The van der Waals surface area contributed by atoms with Crippen LogP contribution in [0.25, 0.3) is 21.9 Å². The Morgan fingerprint density at radius 3 is 1.48 bits per heavy atom. The van der Waals surface area contributed by atoms with Crippen LogP contribution >= 0.6 is 0 Å². The van der Waals surface area contributed by atoms with Gasteiger partial charge in [-0.2, -0.15) is 36.9 Å². The van der Waals surface area contributed by atoms with E-state index in [0.29, 0.717) is 6.07 Å². The fourth-order valence-corrected chi connectivity index (χ4v) is 4.89. The molecule has 250 valence electrons. The van der Waals surface area contributed by atoms with Crippen molar-refractivity contribution in [3.05, 3.63) is 94.4 Å². The first-order valence-electron chi connectivity index (χ1n) is 14.0. The summed E-state index contributed by atoms with van der Waals surface area (Å²) in [5.41, 5.74) is -2.28. The maximum absolute atomic E-state index is 13.7. The van der Waals surface area contributed by atoms with Gasteiger partial charge in [-0.05, 0) is 67.1 Å². The van der Waals surface area contributed by atoms with E-state index >= 15 is 0 Å². The van der Waals surface area contributed by atoms with Crippen LogP contribution in [0.3, 0.4) is 0 Å². The Labute approximate surface area is 270 Å². The van der Waals surface area contributed by atoms with Gasteiger partial charge in [-0.25, -0.2) is 19.6 Å². The summed E-state index contributed by atoms with van der Waals surface area (Å²) in [5, 5.41) is 21.3. The molecule has 0 fully saturated rings. The largest absolute Gasteiger partial charge is 0.453 e. The Bertz CT molecular complexity index is 2000. The van der Waals surface area contributed by atoms with Crippen LogP contribution in [0.5, 0.6) is 23.0 Å². The van der Waals surface area contributed by atoms with E-state index < -0.39 is 35.7 Å². The van der Waals surface area contributed by atoms with Crippen LogP contribution < -0.4 is 19.9 Å². The Hall–Kier alpha value is -5.12. The molecule has 4 rings (SSSR count). The number of nitrogens with zero attached hydrogens (tertiary/aromatic N) is 2. The summed E-state index contributed by atoms with van der Waals surface area (Å²) >= 11 is 0. The van der Waals surface area contributed by atoms with Crippen molar-refractivity contribution in [3.63, 3.8) is 0 Å². The van der Waals surface area contributed by atoms with Crippen LogP contribution in [-0.4, -0.2) is 26.4 Å². The molecule has 0 aromatic heterocycles. The third kappa shape index (κ3) is 7.70. The first-order valence-corrected chi connectivity index (χ1v) is 14.0. The lowest BCUT2D eigenvalue weighted by atomic mass is 9.95. The van der Waals surface area contributed by atoms with E-state index in [0.717, 1.165) is 36.4 Å². The molecule has 8 nitrogen and oxygen atoms in total. The first-order chi connectivity index (χ1) is 22.7. The summed E-state index contributed by atoms with van der Waals surface area (Å²) in [7, 11) is 2.41. The van der Waals surface area contributed by atoms with Crippen molar-refractivity contribution in [3.8, 4) is 35.1 Å². The molecule has 4 aromatic rings. The quantitative estimate of drug-likeness (QED) is 0.0958. The van der Waals surface area contributed by atoms with E-state index in [1.807, 2.05) is 12.1 Å². The van der Waals surface area contributed by atoms with Crippen LogP contribution in [-0.2, 0) is 31.9 Å². The van der Waals surface area contributed by atoms with Gasteiger partial charge in [0.25, 0.3) is 0 Å². The van der Waals surface area contributed by atoms with Gasteiger partial charge in [-0.3, -0.25) is 0 Å². The second-order valence-corrected chi connectivity index (χ2v) is 10.1. The van der Waals surface area contributed by atoms with E-state index in [1.165, 1.54) is 34.1 Å². The summed E-state index contributed by atoms with van der Waals surface area (Å²) in [6, 6.07) is 17.9. The molecule has 0 saturated heterocycles. The van der Waals surface area contributed by atoms with Crippen molar-refractivity contribution in [1.29, 1.82) is 10.5 Å². The molecular weight excluding hydrogens is 646 g/mol. The highest BCUT2D eigenvalue weighted by atomic mass is 19.4. The summed E-state index contributed by atoms with van der Waals surface area (Å²) in [4.78, 5) is 20.1. The van der Waals surface area contributed by atoms with Gasteiger partial charge in [0.15, 0.2) is 11.5 Å². The van der Waals surface area contributed by atoms with Gasteiger partial charge in [-0.1, -0.05) is 30.3 Å². The fourth-order valence-electron chi connectivity index (χ4n) is 4.89. The molecule has 2 unspecified atom stereocenters. The molecule has 0 bridgehead atoms. The van der Waals surface area contributed by atoms with E-state index in [9.17, 15) is 36.9 Å². The number of hydrogen-bond donors (Lipinski definition) is 0. The highest BCUT2D eigenvalue weighted by Crippen LogP contribution is 2.37. The molecule has 0 aliphatic heterocycles. The van der Waals surface area contributed by atoms with Gasteiger partial charge in [-0.15, -0.1) is 0 Å². The van der Waals surface area contributed by atoms with Crippen LogP contribution in [0.2, 0.25) is 0 Å². The lowest BCUT2D eigenvalue weighted by molar-refractivity contribution is -0.286. The number of fused-ring (bicyclic) bond motifs is 1. The van der Waals surface area contributed by atoms with Gasteiger partial charge in [0.05, 0.1) is 48.6 Å². The number of hydrogen-bond acceptors (Lipinski definition) is 8. The zero-order valence-electron chi connectivity index (χ0n) is 25.7. The predicted octanol–water partition coefficient (Wildman–Crippen LogP) is 7.74. The van der Waals surface area contributed by atoms with Crippen molar-refractivity contribution in [1.82, 2.24) is 0 Å². The Morgan fingerprint density at radius 2 is 1.06 bits per heavy atom. The normalized spacial score (nSPS) is 14.4. The summed E-state index contributed by atoms with van der Waals surface area (Å²) in [6.07, 6.45) is -11.6. The SMILES string of the molecule is COOC(C)/C(C#N)=c1/c(Oc2ccc(C(F)(F)F)cc2)c(Oc2cccc(C(F)(F)F)c2)/c(=C(\C#N)C(C)OOC)c2ccccc12. The molecule has 2 atom stereocenters. The molecule has 0 heterocycles. The molecule has 0 saturated carbocycles. The molecule has 4 aromatic carbocycles. The molecule has 0 aliphatic rings. The third-order valence-electron chi connectivity index (χ3n) is 6.98. The number of halogens is 6. The second kappa shape index (κ2) is 14.8. The Morgan fingerprint density at radius 1 is 0.604 bits per heavy atom. The lowest BCUT2D eigenvalue weighted by Crippen LogP contribution is -2.27. The minimum absolute atomic E-state index is 0.000812. The Balaban J connectivity index is 2.28. The summed E-state index contributed by atoms with van der Waals surface area (Å²) in [5.74, 6) is -1.21. The topological polar surface area (TPSA) is 103 Å². The highest BCUT2D eigenvalue weighted by Gasteiger charge is 2.32. The fraction of sp³-hybridized carbons (Fsp3) is 0.235. The van der Waals surface area contributed by atoms with Crippen molar-refractivity contribution >= 4 is 21.9 Å². The van der Waals surface area contributed by atoms with Crippen molar-refractivity contribution in [2.24, 2.45) is 0 Å². The predicted molar refractivity (Wildman–Crippen MR) is 159 cm³/mol. The van der Waals surface area contributed by atoms with E-state index in [2.05, 4.69) is 0 Å². The van der Waals surface area contributed by atoms with Gasteiger partial charge in [0.2, 0.25) is 0 Å². The molecule has 48 heavy (non-hydrogen) atoms. The molecule has 0 radical (unpaired) electrons. The molecule has 0 spiro atoms. The average molecular weight is 673 g/mol. The number of ether oxygens (including phenoxy) is 2. The minimum Gasteiger partial charge on any atom is -0.453 e. The number of benzene rings is 4. The number of rotatable bonds is 10. The molecular formula is C34H26F6N2O6. The maximum atomic E-state index is 13.7. The summed E-state index contributed by atoms with van der Waals surface area (Å²) in [6.45, 7) is 2.94. The smallest absolute Gasteiger partial charge is 0.416 e. The molecule has 0 aliphatic carbocycles. The molecule has 0 N–H and O–H groups in total. The third-order valence-corrected chi connectivity index (χ3v) is 6.98. The van der Waals surface area contributed by atoms with Gasteiger partial charge >= 0.3 is 12.4 Å². The van der Waals surface area contributed by atoms with E-state index in [1.54, 1.807) is 24.3 Å². The van der Waals surface area contributed by atoms with Gasteiger partial charge < -0.3 is 9.47 Å². The maximum Gasteiger partial charge on any atom is 0.416 e. The average Bonchev–Trinajstić information content (AvgIpc) is 3.04. The minimum atomic E-state index is -4.75.